The first kappa shape index (κ1) is 22.7. The molecule has 0 spiro atoms. The van der Waals surface area contributed by atoms with Gasteiger partial charge in [0, 0.05) is 17.9 Å². The number of carbonyl (C=O) groups excluding carboxylic acids is 2. The van der Waals surface area contributed by atoms with Crippen LogP contribution in [0.5, 0.6) is 5.88 Å². The summed E-state index contributed by atoms with van der Waals surface area (Å²) in [5.41, 5.74) is 5.16. The van der Waals surface area contributed by atoms with E-state index in [1.165, 1.54) is 29.4 Å². The SMILES string of the molecule is COc1cccc(C(=O)C2CC3COCC(C2)N3C(=O)OCC2c3ccccc3-c3ccccc32)n1. The number of fused-ring (bicyclic) bond motifs is 5. The summed E-state index contributed by atoms with van der Waals surface area (Å²) in [6.07, 6.45) is 0.720. The normalized spacial score (nSPS) is 22.5. The van der Waals surface area contributed by atoms with Crippen LogP contribution in [0, 0.1) is 5.92 Å². The zero-order chi connectivity index (χ0) is 24.6. The van der Waals surface area contributed by atoms with Crippen LogP contribution in [0.4, 0.5) is 4.79 Å². The molecule has 3 heterocycles. The Balaban J connectivity index is 1.16. The maximum atomic E-state index is 13.4. The van der Waals surface area contributed by atoms with Crippen LogP contribution >= 0.6 is 0 Å². The van der Waals surface area contributed by atoms with Gasteiger partial charge in [0.15, 0.2) is 5.78 Å². The van der Waals surface area contributed by atoms with Gasteiger partial charge in [-0.1, -0.05) is 54.6 Å². The minimum absolute atomic E-state index is 0.00990. The van der Waals surface area contributed by atoms with Gasteiger partial charge in [0.25, 0.3) is 0 Å². The molecule has 1 aliphatic carbocycles. The van der Waals surface area contributed by atoms with Gasteiger partial charge in [-0.25, -0.2) is 9.78 Å². The molecule has 2 aliphatic heterocycles. The Morgan fingerprint density at radius 3 is 2.19 bits per heavy atom. The first-order valence-corrected chi connectivity index (χ1v) is 12.4. The molecule has 2 fully saturated rings. The topological polar surface area (TPSA) is 78.0 Å². The van der Waals surface area contributed by atoms with Crippen molar-refractivity contribution >= 4 is 11.9 Å². The third-order valence-corrected chi connectivity index (χ3v) is 7.62. The highest BCUT2D eigenvalue weighted by molar-refractivity contribution is 5.96. The van der Waals surface area contributed by atoms with Gasteiger partial charge in [-0.3, -0.25) is 9.69 Å². The quantitative estimate of drug-likeness (QED) is 0.489. The Morgan fingerprint density at radius 2 is 1.56 bits per heavy atom. The number of ether oxygens (including phenoxy) is 3. The van der Waals surface area contributed by atoms with E-state index in [9.17, 15) is 9.59 Å². The Hall–Kier alpha value is -3.71. The second kappa shape index (κ2) is 9.39. The van der Waals surface area contributed by atoms with E-state index in [0.717, 1.165) is 0 Å². The lowest BCUT2D eigenvalue weighted by atomic mass is 9.82. The highest BCUT2D eigenvalue weighted by Crippen LogP contribution is 2.44. The maximum absolute atomic E-state index is 13.4. The zero-order valence-corrected chi connectivity index (χ0v) is 20.1. The summed E-state index contributed by atoms with van der Waals surface area (Å²) in [6.45, 7) is 1.08. The van der Waals surface area contributed by atoms with Gasteiger partial charge in [-0.15, -0.1) is 0 Å². The number of rotatable bonds is 5. The molecule has 1 aromatic heterocycles. The highest BCUT2D eigenvalue weighted by atomic mass is 16.6. The second-order valence-corrected chi connectivity index (χ2v) is 9.65. The fourth-order valence-electron chi connectivity index (χ4n) is 5.97. The van der Waals surface area contributed by atoms with E-state index in [1.807, 2.05) is 24.3 Å². The van der Waals surface area contributed by atoms with Gasteiger partial charge < -0.3 is 14.2 Å². The van der Waals surface area contributed by atoms with Crippen LogP contribution in [0.15, 0.2) is 66.7 Å². The number of Topliss-reactive ketones (excluding diaryl/α,β-unsaturated/α-hetero) is 1. The molecule has 2 saturated heterocycles. The molecule has 0 radical (unpaired) electrons. The number of hydrogen-bond donors (Lipinski definition) is 0. The molecule has 3 aliphatic rings. The van der Waals surface area contributed by atoms with Crippen LogP contribution < -0.4 is 4.74 Å². The van der Waals surface area contributed by atoms with Crippen molar-refractivity contribution in [3.05, 3.63) is 83.6 Å². The van der Waals surface area contributed by atoms with Crippen LogP contribution in [0.1, 0.15) is 40.4 Å². The first-order valence-electron chi connectivity index (χ1n) is 12.4. The van der Waals surface area contributed by atoms with E-state index in [-0.39, 0.29) is 42.4 Å². The number of carbonyl (C=O) groups is 2. The molecule has 2 unspecified atom stereocenters. The zero-order valence-electron chi connectivity index (χ0n) is 20.1. The lowest BCUT2D eigenvalue weighted by Gasteiger charge is -2.47. The Labute approximate surface area is 210 Å². The molecule has 0 N–H and O–H groups in total. The summed E-state index contributed by atoms with van der Waals surface area (Å²) in [7, 11) is 1.53. The Morgan fingerprint density at radius 1 is 0.917 bits per heavy atom. The third-order valence-electron chi connectivity index (χ3n) is 7.62. The predicted molar refractivity (Wildman–Crippen MR) is 133 cm³/mol. The molecule has 0 saturated carbocycles. The van der Waals surface area contributed by atoms with Crippen LogP contribution in [0.2, 0.25) is 0 Å². The highest BCUT2D eigenvalue weighted by Gasteiger charge is 2.45. The summed E-state index contributed by atoms with van der Waals surface area (Å²) in [5, 5.41) is 0. The van der Waals surface area contributed by atoms with Crippen molar-refractivity contribution in [2.24, 2.45) is 5.92 Å². The number of ketones is 1. The largest absolute Gasteiger partial charge is 0.481 e. The van der Waals surface area contributed by atoms with Crippen molar-refractivity contribution < 1.29 is 23.8 Å². The van der Waals surface area contributed by atoms with Gasteiger partial charge in [-0.05, 0) is 41.2 Å². The average molecular weight is 485 g/mol. The van der Waals surface area contributed by atoms with E-state index in [1.54, 1.807) is 23.1 Å². The average Bonchev–Trinajstić information content (AvgIpc) is 3.24. The van der Waals surface area contributed by atoms with Crippen molar-refractivity contribution in [1.29, 1.82) is 0 Å². The van der Waals surface area contributed by atoms with Crippen LogP contribution in [-0.4, -0.2) is 60.8 Å². The standard InChI is InChI=1S/C29H28N2O5/c1-34-27-12-6-11-26(30-27)28(32)18-13-19-15-35-16-20(14-18)31(19)29(33)36-17-25-23-9-4-2-7-21(23)22-8-3-5-10-24(22)25/h2-12,18-20,25H,13-17H2,1H3. The fourth-order valence-corrected chi connectivity index (χ4v) is 5.97. The summed E-state index contributed by atoms with van der Waals surface area (Å²) >= 11 is 0. The number of morpholine rings is 1. The molecule has 36 heavy (non-hydrogen) atoms. The number of aromatic nitrogens is 1. The van der Waals surface area contributed by atoms with Crippen molar-refractivity contribution in [2.75, 3.05) is 26.9 Å². The molecule has 184 valence electrons. The fraction of sp³-hybridized carbons (Fsp3) is 0.345. The van der Waals surface area contributed by atoms with Crippen molar-refractivity contribution in [3.63, 3.8) is 0 Å². The number of piperidine rings is 1. The van der Waals surface area contributed by atoms with E-state index in [4.69, 9.17) is 14.2 Å². The molecular formula is C29H28N2O5. The van der Waals surface area contributed by atoms with E-state index in [2.05, 4.69) is 29.2 Å². The second-order valence-electron chi connectivity index (χ2n) is 9.65. The molecule has 7 heteroatoms. The number of amides is 1. The van der Waals surface area contributed by atoms with E-state index >= 15 is 0 Å². The molecular weight excluding hydrogens is 456 g/mol. The van der Waals surface area contributed by atoms with Crippen LogP contribution in [0.3, 0.4) is 0 Å². The number of pyridine rings is 1. The lowest BCUT2D eigenvalue weighted by Crippen LogP contribution is -2.60. The van der Waals surface area contributed by atoms with Gasteiger partial charge in [0.1, 0.15) is 12.3 Å². The summed E-state index contributed by atoms with van der Waals surface area (Å²) in [4.78, 5) is 32.7. The summed E-state index contributed by atoms with van der Waals surface area (Å²) < 4.78 is 16.9. The van der Waals surface area contributed by atoms with Crippen LogP contribution in [-0.2, 0) is 9.47 Å². The Bertz CT molecular complexity index is 1250. The molecule has 2 aromatic carbocycles. The van der Waals surface area contributed by atoms with Gasteiger partial charge in [-0.2, -0.15) is 0 Å². The monoisotopic (exact) mass is 484 g/mol. The molecule has 2 bridgehead atoms. The molecule has 1 amide bonds. The first-order chi connectivity index (χ1) is 17.6. The number of hydrogen-bond acceptors (Lipinski definition) is 6. The van der Waals surface area contributed by atoms with E-state index in [0.29, 0.717) is 37.6 Å². The predicted octanol–water partition coefficient (Wildman–Crippen LogP) is 4.70. The van der Waals surface area contributed by atoms with Crippen molar-refractivity contribution in [3.8, 4) is 17.0 Å². The molecule has 6 rings (SSSR count). The Kier molecular flexibility index (Phi) is 5.93. The van der Waals surface area contributed by atoms with E-state index < -0.39 is 0 Å². The minimum Gasteiger partial charge on any atom is -0.481 e. The lowest BCUT2D eigenvalue weighted by molar-refractivity contribution is -0.0748. The minimum atomic E-state index is -0.333. The number of nitrogens with zero attached hydrogens (tertiary/aromatic N) is 2. The number of methoxy groups -OCH3 is 1. The van der Waals surface area contributed by atoms with Gasteiger partial charge >= 0.3 is 6.09 Å². The molecule has 3 aromatic rings. The smallest absolute Gasteiger partial charge is 0.410 e. The third kappa shape index (κ3) is 3.93. The van der Waals surface area contributed by atoms with Gasteiger partial charge in [0.05, 0.1) is 32.4 Å². The van der Waals surface area contributed by atoms with Crippen LogP contribution in [0.25, 0.3) is 11.1 Å². The number of benzene rings is 2. The molecule has 7 nitrogen and oxygen atoms in total. The summed E-state index contributed by atoms with van der Waals surface area (Å²) in [6, 6.07) is 21.4. The molecule has 2 atom stereocenters. The maximum Gasteiger partial charge on any atom is 0.410 e. The summed E-state index contributed by atoms with van der Waals surface area (Å²) in [5.74, 6) is 0.190. The van der Waals surface area contributed by atoms with Gasteiger partial charge in [0.2, 0.25) is 5.88 Å². The van der Waals surface area contributed by atoms with Crippen molar-refractivity contribution in [2.45, 2.75) is 30.8 Å². The van der Waals surface area contributed by atoms with Crippen molar-refractivity contribution in [1.82, 2.24) is 9.88 Å².